The van der Waals surface area contributed by atoms with Crippen LogP contribution in [0.5, 0.6) is 23.0 Å². The largest absolute Gasteiger partial charge is 0.497 e. The molecule has 1 N–H and O–H groups in total. The van der Waals surface area contributed by atoms with Gasteiger partial charge in [0.15, 0.2) is 18.1 Å². The number of nitrogens with zero attached hydrogens (tertiary/aromatic N) is 1. The molecule has 0 heterocycles. The molecular weight excluding hydrogens is 376 g/mol. The van der Waals surface area contributed by atoms with Gasteiger partial charge in [-0.05, 0) is 43.3 Å². The van der Waals surface area contributed by atoms with Gasteiger partial charge in [0.1, 0.15) is 11.5 Å². The summed E-state index contributed by atoms with van der Waals surface area (Å²) in [4.78, 5) is 17.3. The van der Waals surface area contributed by atoms with Crippen LogP contribution in [0.3, 0.4) is 0 Å². The second-order valence-electron chi connectivity index (χ2n) is 6.02. The number of carbonyl (C=O) groups is 1. The lowest BCUT2D eigenvalue weighted by molar-refractivity contribution is -0.126. The SMILES string of the molecule is COc1ccc(OC)c(C(C)NC(=O)CON=Cc2ccc(OC)c(OC)c2)c1. The Morgan fingerprint density at radius 1 is 0.966 bits per heavy atom. The van der Waals surface area contributed by atoms with Gasteiger partial charge in [0.05, 0.1) is 40.7 Å². The molecule has 1 amide bonds. The molecule has 29 heavy (non-hydrogen) atoms. The lowest BCUT2D eigenvalue weighted by Gasteiger charge is -2.18. The van der Waals surface area contributed by atoms with Gasteiger partial charge in [-0.3, -0.25) is 4.79 Å². The molecule has 0 radical (unpaired) electrons. The van der Waals surface area contributed by atoms with Crippen LogP contribution in [0.25, 0.3) is 0 Å². The third kappa shape index (κ3) is 6.03. The summed E-state index contributed by atoms with van der Waals surface area (Å²) < 4.78 is 21.0. The van der Waals surface area contributed by atoms with Gasteiger partial charge in [0.25, 0.3) is 5.91 Å². The number of oxime groups is 1. The third-order valence-corrected chi connectivity index (χ3v) is 4.16. The maximum atomic E-state index is 12.2. The number of ether oxygens (including phenoxy) is 4. The molecule has 0 aliphatic rings. The molecule has 0 aliphatic carbocycles. The summed E-state index contributed by atoms with van der Waals surface area (Å²) in [7, 11) is 6.28. The van der Waals surface area contributed by atoms with Gasteiger partial charge in [-0.1, -0.05) is 5.16 Å². The van der Waals surface area contributed by atoms with Crippen molar-refractivity contribution in [1.82, 2.24) is 5.32 Å². The highest BCUT2D eigenvalue weighted by molar-refractivity contribution is 5.81. The van der Waals surface area contributed by atoms with E-state index in [0.29, 0.717) is 23.0 Å². The Kier molecular flexibility index (Phi) is 8.14. The Labute approximate surface area is 170 Å². The van der Waals surface area contributed by atoms with Crippen molar-refractivity contribution in [1.29, 1.82) is 0 Å². The lowest BCUT2D eigenvalue weighted by Crippen LogP contribution is -2.30. The fraction of sp³-hybridized carbons (Fsp3) is 0.333. The maximum Gasteiger partial charge on any atom is 0.261 e. The summed E-state index contributed by atoms with van der Waals surface area (Å²) in [5.74, 6) is 2.22. The molecule has 0 fully saturated rings. The van der Waals surface area contributed by atoms with Gasteiger partial charge in [0.2, 0.25) is 0 Å². The van der Waals surface area contributed by atoms with Crippen LogP contribution in [0.2, 0.25) is 0 Å². The van der Waals surface area contributed by atoms with Gasteiger partial charge in [-0.15, -0.1) is 0 Å². The van der Waals surface area contributed by atoms with Crippen molar-refractivity contribution in [2.75, 3.05) is 35.0 Å². The molecule has 2 aromatic rings. The second kappa shape index (κ2) is 10.8. The number of nitrogens with one attached hydrogen (secondary N) is 1. The Morgan fingerprint density at radius 2 is 1.66 bits per heavy atom. The molecule has 1 unspecified atom stereocenters. The van der Waals surface area contributed by atoms with Crippen molar-refractivity contribution in [3.8, 4) is 23.0 Å². The zero-order chi connectivity index (χ0) is 21.2. The van der Waals surface area contributed by atoms with Crippen molar-refractivity contribution in [2.45, 2.75) is 13.0 Å². The van der Waals surface area contributed by atoms with Crippen molar-refractivity contribution in [3.63, 3.8) is 0 Å². The highest BCUT2D eigenvalue weighted by Crippen LogP contribution is 2.29. The van der Waals surface area contributed by atoms with Crippen LogP contribution in [-0.4, -0.2) is 47.2 Å². The van der Waals surface area contributed by atoms with E-state index in [9.17, 15) is 4.79 Å². The maximum absolute atomic E-state index is 12.2. The minimum absolute atomic E-state index is 0.222. The van der Waals surface area contributed by atoms with Crippen molar-refractivity contribution >= 4 is 12.1 Å². The number of amides is 1. The number of hydrogen-bond acceptors (Lipinski definition) is 7. The number of hydrogen-bond donors (Lipinski definition) is 1. The molecule has 0 aliphatic heterocycles. The first-order chi connectivity index (χ1) is 14.0. The quantitative estimate of drug-likeness (QED) is 0.486. The van der Waals surface area contributed by atoms with E-state index in [1.54, 1.807) is 58.8 Å². The summed E-state index contributed by atoms with van der Waals surface area (Å²) >= 11 is 0. The first kappa shape index (κ1) is 21.9. The molecule has 2 aromatic carbocycles. The predicted molar refractivity (Wildman–Crippen MR) is 109 cm³/mol. The fourth-order valence-electron chi connectivity index (χ4n) is 2.67. The molecule has 8 nitrogen and oxygen atoms in total. The van der Waals surface area contributed by atoms with E-state index < -0.39 is 0 Å². The van der Waals surface area contributed by atoms with E-state index in [-0.39, 0.29) is 18.6 Å². The normalized spacial score (nSPS) is 11.6. The first-order valence-electron chi connectivity index (χ1n) is 8.91. The Bertz CT molecular complexity index is 853. The lowest BCUT2D eigenvalue weighted by atomic mass is 10.1. The van der Waals surface area contributed by atoms with E-state index in [1.165, 1.54) is 6.21 Å². The minimum Gasteiger partial charge on any atom is -0.497 e. The van der Waals surface area contributed by atoms with Gasteiger partial charge < -0.3 is 29.1 Å². The van der Waals surface area contributed by atoms with E-state index >= 15 is 0 Å². The fourth-order valence-corrected chi connectivity index (χ4v) is 2.67. The monoisotopic (exact) mass is 402 g/mol. The van der Waals surface area contributed by atoms with Gasteiger partial charge in [0, 0.05) is 11.1 Å². The van der Waals surface area contributed by atoms with Crippen LogP contribution in [0.15, 0.2) is 41.6 Å². The summed E-state index contributed by atoms with van der Waals surface area (Å²) in [5.41, 5.74) is 1.55. The molecule has 0 spiro atoms. The van der Waals surface area contributed by atoms with E-state index in [4.69, 9.17) is 23.8 Å². The van der Waals surface area contributed by atoms with Crippen LogP contribution in [0, 0.1) is 0 Å². The van der Waals surface area contributed by atoms with Gasteiger partial charge >= 0.3 is 0 Å². The summed E-state index contributed by atoms with van der Waals surface area (Å²) in [6.45, 7) is 1.63. The van der Waals surface area contributed by atoms with Crippen molar-refractivity contribution < 1.29 is 28.6 Å². The molecule has 0 saturated heterocycles. The highest BCUT2D eigenvalue weighted by Gasteiger charge is 2.15. The molecular formula is C21H26N2O6. The van der Waals surface area contributed by atoms with Crippen LogP contribution >= 0.6 is 0 Å². The average Bonchev–Trinajstić information content (AvgIpc) is 2.75. The zero-order valence-electron chi connectivity index (χ0n) is 17.2. The number of rotatable bonds is 10. The topological polar surface area (TPSA) is 87.6 Å². The van der Waals surface area contributed by atoms with Gasteiger partial charge in [-0.2, -0.15) is 0 Å². The molecule has 0 saturated carbocycles. The molecule has 0 bridgehead atoms. The van der Waals surface area contributed by atoms with Crippen LogP contribution < -0.4 is 24.3 Å². The molecule has 2 rings (SSSR count). The minimum atomic E-state index is -0.313. The number of carbonyl (C=O) groups excluding carboxylic acids is 1. The molecule has 156 valence electrons. The van der Waals surface area contributed by atoms with E-state index in [1.807, 2.05) is 13.0 Å². The second-order valence-corrected chi connectivity index (χ2v) is 6.02. The number of methoxy groups -OCH3 is 4. The third-order valence-electron chi connectivity index (χ3n) is 4.16. The van der Waals surface area contributed by atoms with E-state index in [2.05, 4.69) is 10.5 Å². The van der Waals surface area contributed by atoms with Crippen LogP contribution in [0.4, 0.5) is 0 Å². The summed E-state index contributed by atoms with van der Waals surface area (Å²) in [6.07, 6.45) is 1.49. The molecule has 0 aromatic heterocycles. The van der Waals surface area contributed by atoms with Crippen molar-refractivity contribution in [2.24, 2.45) is 5.16 Å². The number of benzene rings is 2. The first-order valence-corrected chi connectivity index (χ1v) is 8.91. The molecule has 8 heteroatoms. The molecule has 1 atom stereocenters. The average molecular weight is 402 g/mol. The smallest absolute Gasteiger partial charge is 0.261 e. The predicted octanol–water partition coefficient (Wildman–Crippen LogP) is 2.95. The Morgan fingerprint density at radius 3 is 2.31 bits per heavy atom. The standard InChI is InChI=1S/C21H26N2O6/c1-14(17-11-16(25-2)7-9-18(17)26-3)23-21(24)13-29-22-12-15-6-8-19(27-4)20(10-15)28-5/h6-12,14H,13H2,1-5H3,(H,23,24). The summed E-state index contributed by atoms with van der Waals surface area (Å²) in [5, 5.41) is 6.67. The zero-order valence-corrected chi connectivity index (χ0v) is 17.2. The van der Waals surface area contributed by atoms with Crippen molar-refractivity contribution in [3.05, 3.63) is 47.5 Å². The highest BCUT2D eigenvalue weighted by atomic mass is 16.6. The van der Waals surface area contributed by atoms with Crippen LogP contribution in [-0.2, 0) is 9.63 Å². The Balaban J connectivity index is 1.91. The van der Waals surface area contributed by atoms with E-state index in [0.717, 1.165) is 11.1 Å². The van der Waals surface area contributed by atoms with Gasteiger partial charge in [-0.25, -0.2) is 0 Å². The van der Waals surface area contributed by atoms with Crippen LogP contribution in [0.1, 0.15) is 24.1 Å². The summed E-state index contributed by atoms with van der Waals surface area (Å²) in [6, 6.07) is 10.4. The Hall–Kier alpha value is -3.42.